The van der Waals surface area contributed by atoms with Crippen LogP contribution in [-0.2, 0) is 0 Å². The molecule has 1 aromatic heterocycles. The van der Waals surface area contributed by atoms with Gasteiger partial charge in [-0.1, -0.05) is 64.5 Å². The number of H-pyrrole nitrogens is 1. The molecule has 0 aliphatic rings. The minimum absolute atomic E-state index is 1.02. The lowest BCUT2D eigenvalue weighted by Crippen LogP contribution is -1.78. The first kappa shape index (κ1) is 17.8. The van der Waals surface area contributed by atoms with Crippen molar-refractivity contribution in [2.24, 2.45) is 0 Å². The van der Waals surface area contributed by atoms with Crippen LogP contribution in [0.3, 0.4) is 0 Å². The average Bonchev–Trinajstić information content (AvgIpc) is 2.96. The van der Waals surface area contributed by atoms with Crippen LogP contribution in [0.4, 0.5) is 0 Å². The lowest BCUT2D eigenvalue weighted by atomic mass is 10.1. The molecule has 0 radical (unpaired) electrons. The Kier molecular flexibility index (Phi) is 9.52. The fourth-order valence-corrected chi connectivity index (χ4v) is 1.63. The molecule has 106 valence electrons. The van der Waals surface area contributed by atoms with Gasteiger partial charge in [0.25, 0.3) is 0 Å². The van der Waals surface area contributed by atoms with Gasteiger partial charge >= 0.3 is 0 Å². The molecule has 2 rings (SSSR count). The molecule has 0 aliphatic heterocycles. The molecule has 0 aliphatic carbocycles. The van der Waals surface area contributed by atoms with E-state index in [4.69, 9.17) is 0 Å². The number of aromatic amines is 1. The van der Waals surface area contributed by atoms with Gasteiger partial charge in [0.1, 0.15) is 0 Å². The molecule has 0 fully saturated rings. The van der Waals surface area contributed by atoms with Crippen LogP contribution in [0.25, 0.3) is 16.5 Å². The maximum absolute atomic E-state index is 3.80. The van der Waals surface area contributed by atoms with Crippen molar-refractivity contribution in [1.29, 1.82) is 0 Å². The predicted molar refractivity (Wildman–Crippen MR) is 92.6 cm³/mol. The summed E-state index contributed by atoms with van der Waals surface area (Å²) < 4.78 is 0. The molecule has 0 amide bonds. The fourth-order valence-electron chi connectivity index (χ4n) is 1.63. The summed E-state index contributed by atoms with van der Waals surface area (Å²) in [6.45, 7) is 13.6. The smallest absolute Gasteiger partial charge is 0.0471 e. The Morgan fingerprint density at radius 3 is 2.35 bits per heavy atom. The summed E-state index contributed by atoms with van der Waals surface area (Å²) in [6.07, 6.45) is 3.69. The summed E-state index contributed by atoms with van der Waals surface area (Å²) in [5.74, 6) is 5.79. The van der Waals surface area contributed by atoms with E-state index in [-0.39, 0.29) is 0 Å². The van der Waals surface area contributed by atoms with Gasteiger partial charge in [-0.2, -0.15) is 0 Å². The molecule has 0 unspecified atom stereocenters. The van der Waals surface area contributed by atoms with Crippen LogP contribution < -0.4 is 0 Å². The zero-order valence-corrected chi connectivity index (χ0v) is 13.2. The molecular weight excluding hydrogens is 242 g/mol. The predicted octanol–water partition coefficient (Wildman–Crippen LogP) is 5.81. The van der Waals surface area contributed by atoms with E-state index >= 15 is 0 Å². The Balaban J connectivity index is 0.000000829. The number of hydrogen-bond acceptors (Lipinski definition) is 0. The number of rotatable bonds is 2. The minimum atomic E-state index is 1.02. The number of allylic oxidation sites excluding steroid dienone is 3. The molecule has 0 saturated carbocycles. The third-order valence-corrected chi connectivity index (χ3v) is 2.43. The van der Waals surface area contributed by atoms with E-state index in [1.54, 1.807) is 0 Å². The van der Waals surface area contributed by atoms with Crippen molar-refractivity contribution >= 4 is 16.5 Å². The number of benzene rings is 1. The van der Waals surface area contributed by atoms with Crippen LogP contribution in [0.2, 0.25) is 0 Å². The van der Waals surface area contributed by atoms with Gasteiger partial charge in [-0.25, -0.2) is 0 Å². The van der Waals surface area contributed by atoms with Gasteiger partial charge in [0.05, 0.1) is 0 Å². The van der Waals surface area contributed by atoms with E-state index in [2.05, 4.69) is 41.6 Å². The molecule has 1 heterocycles. The molecule has 0 saturated heterocycles. The molecule has 1 heteroatoms. The lowest BCUT2D eigenvalue weighted by Gasteiger charge is -1.94. The number of para-hydroxylation sites is 1. The highest BCUT2D eigenvalue weighted by Crippen LogP contribution is 2.20. The van der Waals surface area contributed by atoms with Gasteiger partial charge < -0.3 is 4.98 Å². The summed E-state index contributed by atoms with van der Waals surface area (Å²) >= 11 is 0. The normalized spacial score (nSPS) is 9.35. The van der Waals surface area contributed by atoms with Crippen molar-refractivity contribution in [3.63, 3.8) is 0 Å². The van der Waals surface area contributed by atoms with Gasteiger partial charge in [0.2, 0.25) is 0 Å². The van der Waals surface area contributed by atoms with E-state index in [0.29, 0.717) is 0 Å². The quantitative estimate of drug-likeness (QED) is 0.522. The summed E-state index contributed by atoms with van der Waals surface area (Å²) in [7, 11) is 0. The SMILES string of the molecule is C=C/C(=C\C#CC)c1cc2ccccc2[nH]1.CC.CC. The molecule has 0 atom stereocenters. The zero-order chi connectivity index (χ0) is 15.4. The zero-order valence-electron chi connectivity index (χ0n) is 13.2. The fraction of sp³-hybridized carbons (Fsp3) is 0.263. The Morgan fingerprint density at radius 1 is 1.15 bits per heavy atom. The molecule has 1 nitrogen and oxygen atoms in total. The van der Waals surface area contributed by atoms with Crippen LogP contribution in [0.5, 0.6) is 0 Å². The van der Waals surface area contributed by atoms with E-state index in [1.807, 2.05) is 58.9 Å². The highest BCUT2D eigenvalue weighted by Gasteiger charge is 2.01. The highest BCUT2D eigenvalue weighted by molar-refractivity contribution is 5.87. The van der Waals surface area contributed by atoms with E-state index in [9.17, 15) is 0 Å². The van der Waals surface area contributed by atoms with Crippen molar-refractivity contribution in [3.05, 3.63) is 54.8 Å². The largest absolute Gasteiger partial charge is 0.355 e. The van der Waals surface area contributed by atoms with Gasteiger partial charge in [-0.15, -0.1) is 5.92 Å². The summed E-state index contributed by atoms with van der Waals surface area (Å²) in [4.78, 5) is 3.35. The lowest BCUT2D eigenvalue weighted by molar-refractivity contribution is 1.41. The minimum Gasteiger partial charge on any atom is -0.355 e. The van der Waals surface area contributed by atoms with Crippen LogP contribution in [0, 0.1) is 11.8 Å². The van der Waals surface area contributed by atoms with Crippen molar-refractivity contribution in [1.82, 2.24) is 4.98 Å². The summed E-state index contributed by atoms with van der Waals surface area (Å²) in [5.41, 5.74) is 3.21. The van der Waals surface area contributed by atoms with Crippen molar-refractivity contribution in [3.8, 4) is 11.8 Å². The first-order valence-electron chi connectivity index (χ1n) is 7.18. The van der Waals surface area contributed by atoms with E-state index in [0.717, 1.165) is 16.8 Å². The van der Waals surface area contributed by atoms with Crippen molar-refractivity contribution in [2.75, 3.05) is 0 Å². The Bertz CT molecular complexity index is 570. The second kappa shape index (κ2) is 10.7. The Morgan fingerprint density at radius 2 is 1.80 bits per heavy atom. The second-order valence-electron chi connectivity index (χ2n) is 3.47. The number of aromatic nitrogens is 1. The second-order valence-corrected chi connectivity index (χ2v) is 3.47. The molecule has 0 spiro atoms. The van der Waals surface area contributed by atoms with Gasteiger partial charge in [-0.05, 0) is 25.1 Å². The third-order valence-electron chi connectivity index (χ3n) is 2.43. The highest BCUT2D eigenvalue weighted by atomic mass is 14.7. The van der Waals surface area contributed by atoms with Crippen molar-refractivity contribution in [2.45, 2.75) is 34.6 Å². The number of fused-ring (bicyclic) bond motifs is 1. The number of hydrogen-bond donors (Lipinski definition) is 1. The molecule has 20 heavy (non-hydrogen) atoms. The third kappa shape index (κ3) is 4.82. The van der Waals surface area contributed by atoms with Crippen LogP contribution in [0.1, 0.15) is 40.3 Å². The summed E-state index contributed by atoms with van der Waals surface area (Å²) in [5, 5.41) is 1.20. The molecule has 1 aromatic carbocycles. The van der Waals surface area contributed by atoms with Gasteiger partial charge in [-0.3, -0.25) is 0 Å². The average molecular weight is 267 g/mol. The maximum atomic E-state index is 3.80. The van der Waals surface area contributed by atoms with Crippen LogP contribution >= 0.6 is 0 Å². The Hall–Kier alpha value is -2.20. The molecule has 1 N–H and O–H groups in total. The number of nitrogens with one attached hydrogen (secondary N) is 1. The standard InChI is InChI=1S/C15H13N.2C2H6/c1-3-5-8-12(4-2)15-11-13-9-6-7-10-14(13)16-15;2*1-2/h4,6-11,16H,2H2,1H3;2*1-2H3/b12-8+;;. The van der Waals surface area contributed by atoms with Gasteiger partial charge in [0, 0.05) is 22.2 Å². The topological polar surface area (TPSA) is 15.8 Å². The van der Waals surface area contributed by atoms with Crippen LogP contribution in [0.15, 0.2) is 49.1 Å². The Labute approximate surface area is 123 Å². The monoisotopic (exact) mass is 267 g/mol. The molecular formula is C19H25N. The molecule has 0 bridgehead atoms. The van der Waals surface area contributed by atoms with Crippen LogP contribution in [-0.4, -0.2) is 4.98 Å². The maximum Gasteiger partial charge on any atom is 0.0471 e. The summed E-state index contributed by atoms with van der Waals surface area (Å²) in [6, 6.07) is 10.3. The van der Waals surface area contributed by atoms with Crippen molar-refractivity contribution < 1.29 is 0 Å². The molecule has 2 aromatic rings. The first-order valence-corrected chi connectivity index (χ1v) is 7.18. The van der Waals surface area contributed by atoms with E-state index < -0.39 is 0 Å². The van der Waals surface area contributed by atoms with Gasteiger partial charge in [0.15, 0.2) is 0 Å². The first-order chi connectivity index (χ1) is 9.85. The van der Waals surface area contributed by atoms with E-state index in [1.165, 1.54) is 5.39 Å².